The first kappa shape index (κ1) is 14.5. The van der Waals surface area contributed by atoms with Crippen LogP contribution in [0.3, 0.4) is 0 Å². The summed E-state index contributed by atoms with van der Waals surface area (Å²) in [5.74, 6) is -0.193. The smallest absolute Gasteiger partial charge is 0.154 e. The molecule has 0 spiro atoms. The number of hydrogen-bond donors (Lipinski definition) is 0. The Labute approximate surface area is 109 Å². The third-order valence-electron chi connectivity index (χ3n) is 3.88. The molecule has 1 atom stereocenters. The van der Waals surface area contributed by atoms with Gasteiger partial charge in [-0.2, -0.15) is 10.5 Å². The minimum absolute atomic E-state index is 0.193. The zero-order valence-corrected chi connectivity index (χ0v) is 11.2. The molecule has 18 heavy (non-hydrogen) atoms. The fraction of sp³-hybridized carbons (Fsp3) is 0.667. The maximum Gasteiger partial charge on any atom is 0.154 e. The van der Waals surface area contributed by atoms with Gasteiger partial charge in [-0.25, -0.2) is 0 Å². The fourth-order valence-electron chi connectivity index (χ4n) is 2.83. The zero-order valence-electron chi connectivity index (χ0n) is 11.2. The van der Waals surface area contributed by atoms with Crippen LogP contribution in [0.1, 0.15) is 52.4 Å². The number of rotatable bonds is 6. The number of hydrogen-bond acceptors (Lipinski definition) is 3. The summed E-state index contributed by atoms with van der Waals surface area (Å²) in [4.78, 5) is 11.2. The van der Waals surface area contributed by atoms with Gasteiger partial charge in [-0.3, -0.25) is 4.79 Å². The molecule has 0 saturated carbocycles. The van der Waals surface area contributed by atoms with Crippen molar-refractivity contribution in [3.63, 3.8) is 0 Å². The standard InChI is InChI=1S/C15H20N2O/c1-3-4-5-6-7-14-13(9-18)12(2)8-15(14,10-16)11-17/h9,14H,3-8H2,1-2H3/t14-/m1/s1. The molecule has 0 N–H and O–H groups in total. The van der Waals surface area contributed by atoms with Gasteiger partial charge in [-0.15, -0.1) is 0 Å². The minimum atomic E-state index is -1.01. The van der Waals surface area contributed by atoms with E-state index in [1.54, 1.807) is 0 Å². The molecule has 3 heteroatoms. The number of nitrogens with zero attached hydrogens (tertiary/aromatic N) is 2. The molecule has 0 aromatic heterocycles. The monoisotopic (exact) mass is 244 g/mol. The molecule has 0 fully saturated rings. The molecule has 0 radical (unpaired) electrons. The molecular formula is C15H20N2O. The molecule has 0 bridgehead atoms. The predicted octanol–water partition coefficient (Wildman–Crippen LogP) is 3.53. The molecular weight excluding hydrogens is 224 g/mol. The maximum atomic E-state index is 11.2. The molecule has 0 amide bonds. The van der Waals surface area contributed by atoms with E-state index in [2.05, 4.69) is 19.1 Å². The molecule has 0 aromatic carbocycles. The highest BCUT2D eigenvalue weighted by atomic mass is 16.1. The topological polar surface area (TPSA) is 64.7 Å². The lowest BCUT2D eigenvalue weighted by Gasteiger charge is -2.22. The first-order valence-corrected chi connectivity index (χ1v) is 6.62. The Kier molecular flexibility index (Phi) is 5.10. The maximum absolute atomic E-state index is 11.2. The third-order valence-corrected chi connectivity index (χ3v) is 3.88. The van der Waals surface area contributed by atoms with Crippen LogP contribution in [0.25, 0.3) is 0 Å². The van der Waals surface area contributed by atoms with Gasteiger partial charge in [0.25, 0.3) is 0 Å². The molecule has 3 nitrogen and oxygen atoms in total. The van der Waals surface area contributed by atoms with Crippen LogP contribution in [0.4, 0.5) is 0 Å². The van der Waals surface area contributed by atoms with Crippen molar-refractivity contribution < 1.29 is 4.79 Å². The van der Waals surface area contributed by atoms with E-state index in [0.717, 1.165) is 44.0 Å². The van der Waals surface area contributed by atoms with Crippen molar-refractivity contribution in [2.24, 2.45) is 11.3 Å². The first-order valence-electron chi connectivity index (χ1n) is 6.62. The summed E-state index contributed by atoms with van der Waals surface area (Å²) < 4.78 is 0. The molecule has 96 valence electrons. The summed E-state index contributed by atoms with van der Waals surface area (Å²) in [6, 6.07) is 4.30. The second kappa shape index (κ2) is 6.36. The van der Waals surface area contributed by atoms with Gasteiger partial charge in [0, 0.05) is 12.3 Å². The molecule has 0 aromatic rings. The van der Waals surface area contributed by atoms with Crippen LogP contribution >= 0.6 is 0 Å². The lowest BCUT2D eigenvalue weighted by molar-refractivity contribution is -0.105. The molecule has 1 aliphatic carbocycles. The van der Waals surface area contributed by atoms with E-state index in [1.165, 1.54) is 0 Å². The highest BCUT2D eigenvalue weighted by Crippen LogP contribution is 2.47. The van der Waals surface area contributed by atoms with Gasteiger partial charge in [0.2, 0.25) is 0 Å². The first-order chi connectivity index (χ1) is 8.65. The number of unbranched alkanes of at least 4 members (excludes halogenated alkanes) is 3. The number of nitriles is 2. The highest BCUT2D eigenvalue weighted by molar-refractivity contribution is 5.77. The third kappa shape index (κ3) is 2.62. The van der Waals surface area contributed by atoms with Crippen molar-refractivity contribution in [3.8, 4) is 12.1 Å². The van der Waals surface area contributed by atoms with Gasteiger partial charge in [-0.1, -0.05) is 38.2 Å². The SMILES string of the molecule is CCCCCC[C@@H]1C(C=O)=C(C)CC1(C#N)C#N. The van der Waals surface area contributed by atoms with Crippen LogP contribution in [-0.4, -0.2) is 6.29 Å². The summed E-state index contributed by atoms with van der Waals surface area (Å²) in [5.41, 5.74) is 0.593. The quantitative estimate of drug-likeness (QED) is 0.530. The van der Waals surface area contributed by atoms with Crippen LogP contribution in [-0.2, 0) is 4.79 Å². The van der Waals surface area contributed by atoms with E-state index in [4.69, 9.17) is 0 Å². The Morgan fingerprint density at radius 3 is 2.50 bits per heavy atom. The minimum Gasteiger partial charge on any atom is -0.298 e. The van der Waals surface area contributed by atoms with E-state index >= 15 is 0 Å². The van der Waals surface area contributed by atoms with E-state index in [-0.39, 0.29) is 5.92 Å². The second-order valence-corrected chi connectivity index (χ2v) is 5.13. The van der Waals surface area contributed by atoms with E-state index in [9.17, 15) is 15.3 Å². The lowest BCUT2D eigenvalue weighted by Crippen LogP contribution is -2.24. The summed E-state index contributed by atoms with van der Waals surface area (Å²) in [5, 5.41) is 18.6. The van der Waals surface area contributed by atoms with Crippen LogP contribution in [0, 0.1) is 34.0 Å². The normalized spacial score (nSPS) is 21.4. The Morgan fingerprint density at radius 1 is 1.33 bits per heavy atom. The fourth-order valence-corrected chi connectivity index (χ4v) is 2.83. The van der Waals surface area contributed by atoms with Crippen molar-refractivity contribution in [2.45, 2.75) is 52.4 Å². The zero-order chi connectivity index (χ0) is 13.6. The Morgan fingerprint density at radius 2 is 2.00 bits per heavy atom. The second-order valence-electron chi connectivity index (χ2n) is 5.13. The van der Waals surface area contributed by atoms with Gasteiger partial charge in [0.05, 0.1) is 12.1 Å². The molecule has 0 unspecified atom stereocenters. The summed E-state index contributed by atoms with van der Waals surface area (Å²) in [7, 11) is 0. The highest BCUT2D eigenvalue weighted by Gasteiger charge is 2.46. The van der Waals surface area contributed by atoms with Crippen molar-refractivity contribution in [3.05, 3.63) is 11.1 Å². The number of carbonyl (C=O) groups excluding carboxylic acids is 1. The summed E-state index contributed by atoms with van der Waals surface area (Å²) in [6.07, 6.45) is 6.44. The van der Waals surface area contributed by atoms with Crippen molar-refractivity contribution in [1.29, 1.82) is 10.5 Å². The van der Waals surface area contributed by atoms with Gasteiger partial charge in [0.1, 0.15) is 6.29 Å². The van der Waals surface area contributed by atoms with Crippen LogP contribution < -0.4 is 0 Å². The van der Waals surface area contributed by atoms with E-state index in [1.807, 2.05) is 6.92 Å². The van der Waals surface area contributed by atoms with Crippen molar-refractivity contribution >= 4 is 6.29 Å². The lowest BCUT2D eigenvalue weighted by atomic mass is 9.75. The van der Waals surface area contributed by atoms with Gasteiger partial charge < -0.3 is 0 Å². The van der Waals surface area contributed by atoms with Crippen molar-refractivity contribution in [1.82, 2.24) is 0 Å². The molecule has 1 aliphatic rings. The number of aldehydes is 1. The molecule has 0 heterocycles. The van der Waals surface area contributed by atoms with Crippen LogP contribution in [0.2, 0.25) is 0 Å². The summed E-state index contributed by atoms with van der Waals surface area (Å²) >= 11 is 0. The van der Waals surface area contributed by atoms with Crippen molar-refractivity contribution in [2.75, 3.05) is 0 Å². The molecule has 0 aliphatic heterocycles. The Bertz CT molecular complexity index is 409. The van der Waals surface area contributed by atoms with Gasteiger partial charge in [-0.05, 0) is 18.9 Å². The summed E-state index contributed by atoms with van der Waals surface area (Å²) in [6.45, 7) is 4.00. The molecule has 1 rings (SSSR count). The Hall–Kier alpha value is -1.61. The largest absolute Gasteiger partial charge is 0.298 e. The van der Waals surface area contributed by atoms with Crippen LogP contribution in [0.5, 0.6) is 0 Å². The average Bonchev–Trinajstić information content (AvgIpc) is 2.67. The van der Waals surface area contributed by atoms with Gasteiger partial charge >= 0.3 is 0 Å². The number of carbonyl (C=O) groups is 1. The van der Waals surface area contributed by atoms with Gasteiger partial charge in [0.15, 0.2) is 5.41 Å². The molecule has 0 saturated heterocycles. The van der Waals surface area contributed by atoms with E-state index < -0.39 is 5.41 Å². The van der Waals surface area contributed by atoms with Crippen LogP contribution in [0.15, 0.2) is 11.1 Å². The Balaban J connectivity index is 2.83. The predicted molar refractivity (Wildman–Crippen MR) is 69.3 cm³/mol. The average molecular weight is 244 g/mol. The number of allylic oxidation sites excluding steroid dienone is 2. The van der Waals surface area contributed by atoms with E-state index in [0.29, 0.717) is 12.0 Å².